The molecule has 0 heterocycles. The summed E-state index contributed by atoms with van der Waals surface area (Å²) < 4.78 is 5.00. The largest absolute Gasteiger partial charge is 0.388 e. The maximum absolute atomic E-state index is 10.0. The van der Waals surface area contributed by atoms with Crippen molar-refractivity contribution in [1.29, 1.82) is 0 Å². The molecule has 1 aromatic rings. The topological polar surface area (TPSA) is 32.7 Å². The van der Waals surface area contributed by atoms with Crippen LogP contribution in [0.15, 0.2) is 24.3 Å². The lowest BCUT2D eigenvalue weighted by Crippen LogP contribution is -2.25. The van der Waals surface area contributed by atoms with Crippen molar-refractivity contribution in [2.24, 2.45) is 0 Å². The maximum atomic E-state index is 10.0. The van der Waals surface area contributed by atoms with Gasteiger partial charge in [-0.25, -0.2) is 0 Å². The van der Waals surface area contributed by atoms with Crippen LogP contribution in [0.5, 0.6) is 0 Å². The van der Waals surface area contributed by atoms with E-state index in [2.05, 4.69) is 4.90 Å². The predicted octanol–water partition coefficient (Wildman–Crippen LogP) is 2.34. The number of ether oxygens (including phenoxy) is 1. The first-order valence-electron chi connectivity index (χ1n) is 5.75. The van der Waals surface area contributed by atoms with E-state index in [0.29, 0.717) is 18.1 Å². The Morgan fingerprint density at radius 2 is 2.06 bits per heavy atom. The smallest absolute Gasteiger partial charge is 0.0816 e. The molecule has 0 saturated heterocycles. The molecule has 0 amide bonds. The number of hydrogen-bond acceptors (Lipinski definition) is 3. The highest BCUT2D eigenvalue weighted by Gasteiger charge is 2.11. The SMILES string of the molecule is COCCN(C)CCC(O)c1ccccc1Cl. The highest BCUT2D eigenvalue weighted by molar-refractivity contribution is 6.31. The van der Waals surface area contributed by atoms with Crippen molar-refractivity contribution in [2.75, 3.05) is 33.9 Å². The standard InChI is InChI=1S/C13H20ClNO2/c1-15(9-10-17-2)8-7-13(16)11-5-3-4-6-12(11)14/h3-6,13,16H,7-10H2,1-2H3. The van der Waals surface area contributed by atoms with Gasteiger partial charge in [0.1, 0.15) is 0 Å². The molecule has 96 valence electrons. The van der Waals surface area contributed by atoms with Gasteiger partial charge < -0.3 is 14.7 Å². The first-order valence-corrected chi connectivity index (χ1v) is 6.13. The van der Waals surface area contributed by atoms with E-state index in [0.717, 1.165) is 18.7 Å². The van der Waals surface area contributed by atoms with Crippen molar-refractivity contribution in [2.45, 2.75) is 12.5 Å². The Hall–Kier alpha value is -0.610. The Labute approximate surface area is 108 Å². The van der Waals surface area contributed by atoms with Gasteiger partial charge in [0, 0.05) is 25.2 Å². The number of likely N-dealkylation sites (N-methyl/N-ethyl adjacent to an activating group) is 1. The van der Waals surface area contributed by atoms with E-state index < -0.39 is 6.10 Å². The molecular formula is C13H20ClNO2. The fraction of sp³-hybridized carbons (Fsp3) is 0.538. The highest BCUT2D eigenvalue weighted by Crippen LogP contribution is 2.24. The third-order valence-corrected chi connectivity index (χ3v) is 3.07. The molecule has 1 aromatic carbocycles. The third-order valence-electron chi connectivity index (χ3n) is 2.73. The van der Waals surface area contributed by atoms with Crippen molar-refractivity contribution in [3.63, 3.8) is 0 Å². The Morgan fingerprint density at radius 1 is 1.35 bits per heavy atom. The molecule has 1 rings (SSSR count). The molecule has 17 heavy (non-hydrogen) atoms. The van der Waals surface area contributed by atoms with Crippen LogP contribution in [0.4, 0.5) is 0 Å². The summed E-state index contributed by atoms with van der Waals surface area (Å²) in [5.41, 5.74) is 0.800. The molecule has 1 N–H and O–H groups in total. The molecule has 0 saturated carbocycles. The zero-order valence-electron chi connectivity index (χ0n) is 10.4. The number of rotatable bonds is 7. The van der Waals surface area contributed by atoms with Gasteiger partial charge in [0.15, 0.2) is 0 Å². The van der Waals surface area contributed by atoms with Gasteiger partial charge in [0.05, 0.1) is 12.7 Å². The van der Waals surface area contributed by atoms with Gasteiger partial charge in [-0.1, -0.05) is 29.8 Å². The van der Waals surface area contributed by atoms with E-state index in [4.69, 9.17) is 16.3 Å². The molecule has 0 aliphatic rings. The van der Waals surface area contributed by atoms with Crippen molar-refractivity contribution in [3.8, 4) is 0 Å². The van der Waals surface area contributed by atoms with Crippen LogP contribution < -0.4 is 0 Å². The maximum Gasteiger partial charge on any atom is 0.0816 e. The fourth-order valence-corrected chi connectivity index (χ4v) is 1.86. The molecular weight excluding hydrogens is 238 g/mol. The molecule has 1 atom stereocenters. The number of aliphatic hydroxyl groups is 1. The second kappa shape index (κ2) is 7.67. The minimum absolute atomic E-state index is 0.506. The van der Waals surface area contributed by atoms with Crippen LogP contribution in [-0.4, -0.2) is 43.9 Å². The molecule has 3 nitrogen and oxygen atoms in total. The number of benzene rings is 1. The summed E-state index contributed by atoms with van der Waals surface area (Å²) >= 11 is 6.02. The first-order chi connectivity index (χ1) is 8.15. The van der Waals surface area contributed by atoms with Crippen LogP contribution in [0.25, 0.3) is 0 Å². The van der Waals surface area contributed by atoms with Crippen molar-refractivity contribution in [1.82, 2.24) is 4.90 Å². The lowest BCUT2D eigenvalue weighted by molar-refractivity contribution is 0.129. The summed E-state index contributed by atoms with van der Waals surface area (Å²) in [5, 5.41) is 10.7. The van der Waals surface area contributed by atoms with E-state index in [9.17, 15) is 5.11 Å². The van der Waals surface area contributed by atoms with E-state index >= 15 is 0 Å². The first kappa shape index (κ1) is 14.5. The molecule has 4 heteroatoms. The monoisotopic (exact) mass is 257 g/mol. The lowest BCUT2D eigenvalue weighted by Gasteiger charge is -2.19. The third kappa shape index (κ3) is 5.04. The molecule has 0 radical (unpaired) electrons. The van der Waals surface area contributed by atoms with Crippen molar-refractivity contribution >= 4 is 11.6 Å². The number of methoxy groups -OCH3 is 1. The highest BCUT2D eigenvalue weighted by atomic mass is 35.5. The van der Waals surface area contributed by atoms with Gasteiger partial charge >= 0.3 is 0 Å². The summed E-state index contributed by atoms with van der Waals surface area (Å²) in [6, 6.07) is 7.42. The molecule has 0 aliphatic carbocycles. The van der Waals surface area contributed by atoms with Gasteiger partial charge in [-0.3, -0.25) is 0 Å². The van der Waals surface area contributed by atoms with Crippen LogP contribution in [-0.2, 0) is 4.74 Å². The van der Waals surface area contributed by atoms with E-state index in [1.165, 1.54) is 0 Å². The Bertz CT molecular complexity index is 333. The van der Waals surface area contributed by atoms with Gasteiger partial charge in [-0.2, -0.15) is 0 Å². The van der Waals surface area contributed by atoms with E-state index in [-0.39, 0.29) is 0 Å². The van der Waals surface area contributed by atoms with E-state index in [1.807, 2.05) is 25.2 Å². The van der Waals surface area contributed by atoms with Gasteiger partial charge in [0.25, 0.3) is 0 Å². The Kier molecular flexibility index (Phi) is 6.52. The fourth-order valence-electron chi connectivity index (χ4n) is 1.60. The zero-order valence-corrected chi connectivity index (χ0v) is 11.2. The summed E-state index contributed by atoms with van der Waals surface area (Å²) in [6.07, 6.45) is 0.165. The molecule has 0 aliphatic heterocycles. The summed E-state index contributed by atoms with van der Waals surface area (Å²) in [7, 11) is 3.70. The predicted molar refractivity (Wildman–Crippen MR) is 70.4 cm³/mol. The average Bonchev–Trinajstić information content (AvgIpc) is 2.34. The molecule has 0 aromatic heterocycles. The van der Waals surface area contributed by atoms with Crippen LogP contribution >= 0.6 is 11.6 Å². The van der Waals surface area contributed by atoms with E-state index in [1.54, 1.807) is 13.2 Å². The number of halogens is 1. The minimum Gasteiger partial charge on any atom is -0.388 e. The Balaban J connectivity index is 2.39. The van der Waals surface area contributed by atoms with Gasteiger partial charge in [0.2, 0.25) is 0 Å². The molecule has 0 spiro atoms. The summed E-state index contributed by atoms with van der Waals surface area (Å²) in [4.78, 5) is 2.13. The van der Waals surface area contributed by atoms with Crippen molar-refractivity contribution < 1.29 is 9.84 Å². The van der Waals surface area contributed by atoms with Crippen LogP contribution in [0.2, 0.25) is 5.02 Å². The zero-order chi connectivity index (χ0) is 12.7. The number of aliphatic hydroxyl groups excluding tert-OH is 1. The van der Waals surface area contributed by atoms with Crippen LogP contribution in [0, 0.1) is 0 Å². The van der Waals surface area contributed by atoms with Gasteiger partial charge in [-0.05, 0) is 25.1 Å². The number of hydrogen-bond donors (Lipinski definition) is 1. The lowest BCUT2D eigenvalue weighted by atomic mass is 10.1. The van der Waals surface area contributed by atoms with Crippen molar-refractivity contribution in [3.05, 3.63) is 34.9 Å². The quantitative estimate of drug-likeness (QED) is 0.814. The van der Waals surface area contributed by atoms with Gasteiger partial charge in [-0.15, -0.1) is 0 Å². The second-order valence-electron chi connectivity index (χ2n) is 4.12. The Morgan fingerprint density at radius 3 is 2.71 bits per heavy atom. The molecule has 0 fully saturated rings. The summed E-state index contributed by atoms with van der Waals surface area (Å²) in [6.45, 7) is 2.39. The second-order valence-corrected chi connectivity index (χ2v) is 4.53. The number of nitrogens with zero attached hydrogens (tertiary/aromatic N) is 1. The van der Waals surface area contributed by atoms with Crippen LogP contribution in [0.3, 0.4) is 0 Å². The normalized spacial score (nSPS) is 13.0. The summed E-state index contributed by atoms with van der Waals surface area (Å²) in [5.74, 6) is 0. The molecule has 0 bridgehead atoms. The average molecular weight is 258 g/mol. The van der Waals surface area contributed by atoms with Crippen LogP contribution in [0.1, 0.15) is 18.1 Å². The molecule has 1 unspecified atom stereocenters. The minimum atomic E-state index is -0.506.